The van der Waals surface area contributed by atoms with Crippen molar-refractivity contribution in [1.29, 1.82) is 0 Å². The molecule has 0 aliphatic rings. The van der Waals surface area contributed by atoms with Crippen molar-refractivity contribution in [1.82, 2.24) is 0 Å². The van der Waals surface area contributed by atoms with E-state index in [1.54, 1.807) is 48.5 Å². The fourth-order valence-corrected chi connectivity index (χ4v) is 11.3. The van der Waals surface area contributed by atoms with Crippen LogP contribution in [-0.4, -0.2) is 20.4 Å². The Morgan fingerprint density at radius 1 is 0.147 bits per heavy atom. The highest BCUT2D eigenvalue weighted by Crippen LogP contribution is 2.42. The molecule has 0 unspecified atom stereocenters. The van der Waals surface area contributed by atoms with Crippen LogP contribution < -0.4 is 24.5 Å². The lowest BCUT2D eigenvalue weighted by Crippen LogP contribution is -2.12. The van der Waals surface area contributed by atoms with Crippen molar-refractivity contribution in [3.8, 4) is 34.1 Å². The fraction of sp³-hybridized carbons (Fsp3) is 0.0233. The van der Waals surface area contributed by atoms with Gasteiger partial charge in [0.05, 0.1) is 0 Å². The van der Waals surface area contributed by atoms with Crippen LogP contribution in [0, 0.1) is 13.8 Å². The number of aromatic hydroxyl groups is 4. The van der Waals surface area contributed by atoms with E-state index in [-0.39, 0.29) is 23.0 Å². The van der Waals surface area contributed by atoms with Gasteiger partial charge < -0.3 is 44.9 Å². The van der Waals surface area contributed by atoms with Crippen molar-refractivity contribution in [2.24, 2.45) is 0 Å². The molecule has 0 aliphatic heterocycles. The number of phenols is 4. The number of phenolic OH excluding ortho intramolecular Hbond substituents is 4. The van der Waals surface area contributed by atoms with Gasteiger partial charge in [0.1, 0.15) is 23.0 Å². The van der Waals surface area contributed by atoms with Crippen molar-refractivity contribution in [2.45, 2.75) is 13.8 Å². The third kappa shape index (κ3) is 15.5. The highest BCUT2D eigenvalue weighted by Gasteiger charge is 2.19. The first-order valence-corrected chi connectivity index (χ1v) is 31.4. The Balaban J connectivity index is 0.000000143. The average Bonchev–Trinajstić information content (AvgIpc) is 1.39. The van der Waals surface area contributed by atoms with Gasteiger partial charge in [0.2, 0.25) is 0 Å². The molecule has 9 heteroatoms. The summed E-state index contributed by atoms with van der Waals surface area (Å²) < 4.78 is 0. The summed E-state index contributed by atoms with van der Waals surface area (Å²) in [6.07, 6.45) is 0. The molecular formula is C86H71N5O4. The molecule has 0 heterocycles. The molecular weight excluding hydrogens is 1170 g/mol. The van der Waals surface area contributed by atoms with Crippen LogP contribution in [0.3, 0.4) is 0 Å². The summed E-state index contributed by atoms with van der Waals surface area (Å²) in [5, 5.41) is 38.9. The maximum atomic E-state index is 9.80. The molecule has 95 heavy (non-hydrogen) atoms. The predicted molar refractivity (Wildman–Crippen MR) is 394 cm³/mol. The summed E-state index contributed by atoms with van der Waals surface area (Å²) in [7, 11) is 0. The van der Waals surface area contributed by atoms with Crippen LogP contribution in [0.25, 0.3) is 11.1 Å². The molecule has 0 aromatic heterocycles. The number of aryl methyl sites for hydroxylation is 2. The molecule has 4 N–H and O–H groups in total. The number of hydrogen-bond acceptors (Lipinski definition) is 9. The highest BCUT2D eigenvalue weighted by atomic mass is 16.3. The second kappa shape index (κ2) is 29.9. The molecule has 9 nitrogen and oxygen atoms in total. The van der Waals surface area contributed by atoms with Crippen molar-refractivity contribution in [3.63, 3.8) is 0 Å². The van der Waals surface area contributed by atoms with Crippen molar-refractivity contribution < 1.29 is 20.4 Å². The third-order valence-corrected chi connectivity index (χ3v) is 16.0. The Hall–Kier alpha value is -12.7. The minimum absolute atomic E-state index is 0.242. The minimum atomic E-state index is 0.242. The normalized spacial score (nSPS) is 10.6. The number of hydrogen-bond donors (Lipinski definition) is 4. The van der Waals surface area contributed by atoms with Crippen molar-refractivity contribution in [2.75, 3.05) is 24.5 Å². The van der Waals surface area contributed by atoms with Gasteiger partial charge in [-0.3, -0.25) is 0 Å². The van der Waals surface area contributed by atoms with E-state index >= 15 is 0 Å². The van der Waals surface area contributed by atoms with Gasteiger partial charge in [0.25, 0.3) is 0 Å². The van der Waals surface area contributed by atoms with E-state index in [2.05, 4.69) is 232 Å². The van der Waals surface area contributed by atoms with E-state index in [1.165, 1.54) is 11.1 Å². The molecule has 0 saturated carbocycles. The summed E-state index contributed by atoms with van der Waals surface area (Å²) in [4.78, 5) is 10.9. The summed E-state index contributed by atoms with van der Waals surface area (Å²) in [6.45, 7) is 4.18. The van der Waals surface area contributed by atoms with Crippen LogP contribution in [-0.2, 0) is 0 Å². The zero-order valence-electron chi connectivity index (χ0n) is 52.7. The zero-order valence-corrected chi connectivity index (χ0v) is 52.7. The minimum Gasteiger partial charge on any atom is -0.508 e. The quantitative estimate of drug-likeness (QED) is 0.0754. The Bertz CT molecular complexity index is 4350. The van der Waals surface area contributed by atoms with Gasteiger partial charge in [-0.1, -0.05) is 151 Å². The number of benzene rings is 14. The van der Waals surface area contributed by atoms with Crippen LogP contribution in [0.2, 0.25) is 0 Å². The number of rotatable bonds is 16. The monoisotopic (exact) mass is 1240 g/mol. The van der Waals surface area contributed by atoms with E-state index in [0.717, 1.165) is 96.4 Å². The Morgan fingerprint density at radius 3 is 0.442 bits per heavy atom. The van der Waals surface area contributed by atoms with Crippen LogP contribution in [0.4, 0.5) is 85.3 Å². The van der Waals surface area contributed by atoms with Crippen LogP contribution in [0.1, 0.15) is 11.1 Å². The SMILES string of the molecule is Cc1ccc(N(c2ccccc2)c2ccc(N(c3ccccc3)c3ccc(O)cc3)cc2)cc1.Cc1ccc(N(c2ccccc2)c2ccc(O)cc2)cc1.Oc1ccc(N(c2ccccc2)c2ccc(-c3ccc(N(c4ccccc4)c4ccc(O)cc4)cc3)cc2)cc1. The van der Waals surface area contributed by atoms with Gasteiger partial charge in [-0.25, -0.2) is 0 Å². The maximum absolute atomic E-state index is 9.80. The average molecular weight is 1240 g/mol. The topological polar surface area (TPSA) is 97.1 Å². The van der Waals surface area contributed by atoms with Gasteiger partial charge in [-0.2, -0.15) is 0 Å². The summed E-state index contributed by atoms with van der Waals surface area (Å²) in [6, 6.07) is 123. The Kier molecular flexibility index (Phi) is 19.7. The van der Waals surface area contributed by atoms with E-state index in [4.69, 9.17) is 0 Å². The molecule has 0 radical (unpaired) electrons. The summed E-state index contributed by atoms with van der Waals surface area (Å²) in [5.74, 6) is 1.01. The Labute approximate surface area is 556 Å². The second-order valence-electron chi connectivity index (χ2n) is 22.7. The Morgan fingerprint density at radius 2 is 0.274 bits per heavy atom. The van der Waals surface area contributed by atoms with Crippen molar-refractivity contribution in [3.05, 3.63) is 381 Å². The lowest BCUT2D eigenvalue weighted by molar-refractivity contribution is 0.475. The van der Waals surface area contributed by atoms with Gasteiger partial charge >= 0.3 is 0 Å². The van der Waals surface area contributed by atoms with Gasteiger partial charge in [-0.15, -0.1) is 0 Å². The lowest BCUT2D eigenvalue weighted by Gasteiger charge is -2.28. The third-order valence-electron chi connectivity index (χ3n) is 16.0. The predicted octanol–water partition coefficient (Wildman–Crippen LogP) is 23.5. The molecule has 0 spiro atoms. The molecule has 14 aromatic carbocycles. The molecule has 0 saturated heterocycles. The maximum Gasteiger partial charge on any atom is 0.115 e. The largest absolute Gasteiger partial charge is 0.508 e. The molecule has 0 amide bonds. The second-order valence-corrected chi connectivity index (χ2v) is 22.7. The van der Waals surface area contributed by atoms with Crippen molar-refractivity contribution >= 4 is 85.3 Å². The van der Waals surface area contributed by atoms with E-state index in [0.29, 0.717) is 0 Å². The first-order chi connectivity index (χ1) is 46.6. The van der Waals surface area contributed by atoms with E-state index < -0.39 is 0 Å². The zero-order chi connectivity index (χ0) is 65.3. The number of anilines is 15. The molecule has 14 aromatic rings. The van der Waals surface area contributed by atoms with Gasteiger partial charge in [0, 0.05) is 85.3 Å². The highest BCUT2D eigenvalue weighted by molar-refractivity contribution is 5.84. The van der Waals surface area contributed by atoms with Crippen LogP contribution >= 0.6 is 0 Å². The molecule has 0 atom stereocenters. The molecule has 0 fully saturated rings. The smallest absolute Gasteiger partial charge is 0.115 e. The molecule has 14 rings (SSSR count). The first kappa shape index (κ1) is 62.5. The van der Waals surface area contributed by atoms with Crippen LogP contribution in [0.15, 0.2) is 370 Å². The molecule has 0 aliphatic carbocycles. The van der Waals surface area contributed by atoms with Gasteiger partial charge in [0.15, 0.2) is 0 Å². The summed E-state index contributed by atoms with van der Waals surface area (Å²) >= 11 is 0. The number of para-hydroxylation sites is 5. The molecule has 464 valence electrons. The standard InChI is InChI=1S/C36H28N2O2.C31H26N2O.C19H17NO/c39-35-23-19-33(20-24-35)37(29-7-3-1-4-8-29)31-15-11-27(12-16-31)28-13-17-32(18-14-28)38(30-9-5-2-6-10-30)34-21-25-36(40)26-22-34;1-24-12-14-27(15-13-24)32(25-8-4-2-5-9-25)28-16-18-29(19-17-28)33(26-10-6-3-7-11-26)30-20-22-31(34)23-21-30;1-15-7-9-17(10-8-15)20(16-5-3-2-4-6-16)18-11-13-19(21)14-12-18/h1-26,39-40H;2-23,34H,1H3;2-14,21H,1H3. The lowest BCUT2D eigenvalue weighted by atomic mass is 10.0. The van der Waals surface area contributed by atoms with E-state index in [9.17, 15) is 20.4 Å². The van der Waals surface area contributed by atoms with E-state index in [1.807, 2.05) is 127 Å². The number of nitrogens with zero attached hydrogens (tertiary/aromatic N) is 5. The van der Waals surface area contributed by atoms with Gasteiger partial charge in [-0.05, 0) is 255 Å². The molecule has 0 bridgehead atoms. The summed E-state index contributed by atoms with van der Waals surface area (Å²) in [5.41, 5.74) is 20.4. The first-order valence-electron chi connectivity index (χ1n) is 31.4. The van der Waals surface area contributed by atoms with Crippen LogP contribution in [0.5, 0.6) is 23.0 Å². The fourth-order valence-electron chi connectivity index (χ4n) is 11.3.